The molecule has 3 rings (SSSR count). The van der Waals surface area contributed by atoms with E-state index in [4.69, 9.17) is 4.74 Å². The van der Waals surface area contributed by atoms with Crippen molar-refractivity contribution in [3.05, 3.63) is 53.6 Å². The second-order valence-corrected chi connectivity index (χ2v) is 6.60. The number of hydrogen-bond acceptors (Lipinski definition) is 6. The van der Waals surface area contributed by atoms with Crippen LogP contribution in [0.4, 0.5) is 5.69 Å². The number of carbonyl (C=O) groups excluding carboxylic acids is 4. The second kappa shape index (κ2) is 8.55. The van der Waals surface area contributed by atoms with Crippen molar-refractivity contribution in [2.24, 2.45) is 0 Å². The topological polar surface area (TPSA) is 105 Å². The van der Waals surface area contributed by atoms with Crippen LogP contribution in [-0.4, -0.2) is 49.0 Å². The molecule has 3 amide bonds. The average Bonchev–Trinajstić information content (AvgIpc) is 2.72. The van der Waals surface area contributed by atoms with Crippen LogP contribution >= 0.6 is 0 Å². The van der Waals surface area contributed by atoms with Crippen molar-refractivity contribution >= 4 is 29.7 Å². The number of likely N-dealkylation sites (N-methyl/N-ethyl adjacent to an activating group) is 1. The summed E-state index contributed by atoms with van der Waals surface area (Å²) in [6.45, 7) is 0. The van der Waals surface area contributed by atoms with Crippen LogP contribution in [0.1, 0.15) is 33.6 Å². The lowest BCUT2D eigenvalue weighted by molar-refractivity contribution is -0.136. The molecule has 2 N–H and O–H groups in total. The molecule has 8 heteroatoms. The summed E-state index contributed by atoms with van der Waals surface area (Å²) in [5, 5.41) is 5.23. The van der Waals surface area contributed by atoms with Crippen molar-refractivity contribution in [3.8, 4) is 11.5 Å². The number of nitrogens with zero attached hydrogens (tertiary/aromatic N) is 1. The summed E-state index contributed by atoms with van der Waals surface area (Å²) < 4.78 is 5.83. The fourth-order valence-electron chi connectivity index (χ4n) is 3.17. The Labute approximate surface area is 167 Å². The zero-order valence-electron chi connectivity index (χ0n) is 16.1. The molecule has 1 aliphatic heterocycles. The number of hydrogen-bond donors (Lipinski definition) is 2. The molecule has 1 unspecified atom stereocenters. The highest BCUT2D eigenvalue weighted by Gasteiger charge is 2.33. The van der Waals surface area contributed by atoms with Crippen LogP contribution in [0.2, 0.25) is 0 Å². The van der Waals surface area contributed by atoms with E-state index >= 15 is 0 Å². The highest BCUT2D eigenvalue weighted by atomic mass is 16.5. The Kier molecular flexibility index (Phi) is 5.92. The van der Waals surface area contributed by atoms with E-state index in [0.29, 0.717) is 12.0 Å². The maximum absolute atomic E-state index is 13.0. The Hall–Kier alpha value is -3.68. The smallest absolute Gasteiger partial charge is 0.255 e. The van der Waals surface area contributed by atoms with Gasteiger partial charge in [0.05, 0.1) is 11.1 Å². The highest BCUT2D eigenvalue weighted by molar-refractivity contribution is 6.06. The van der Waals surface area contributed by atoms with Gasteiger partial charge in [-0.2, -0.15) is 0 Å². The predicted molar refractivity (Wildman–Crippen MR) is 106 cm³/mol. The number of benzene rings is 2. The Balaban J connectivity index is 1.88. The largest absolute Gasteiger partial charge is 0.457 e. The average molecular weight is 395 g/mol. The molecule has 2 aromatic carbocycles. The minimum absolute atomic E-state index is 0.0894. The predicted octanol–water partition coefficient (Wildman–Crippen LogP) is 2.21. The van der Waals surface area contributed by atoms with Crippen LogP contribution in [0.25, 0.3) is 0 Å². The Morgan fingerprint density at radius 2 is 2.00 bits per heavy atom. The van der Waals surface area contributed by atoms with E-state index in [1.807, 2.05) is 6.07 Å². The lowest BCUT2D eigenvalue weighted by Crippen LogP contribution is -2.53. The molecule has 1 heterocycles. The van der Waals surface area contributed by atoms with Gasteiger partial charge < -0.3 is 15.0 Å². The number of rotatable bonds is 6. The van der Waals surface area contributed by atoms with Gasteiger partial charge in [-0.05, 0) is 30.7 Å². The van der Waals surface area contributed by atoms with E-state index in [9.17, 15) is 19.2 Å². The third kappa shape index (κ3) is 4.26. The van der Waals surface area contributed by atoms with Crippen molar-refractivity contribution < 1.29 is 23.9 Å². The van der Waals surface area contributed by atoms with E-state index < -0.39 is 17.9 Å². The molecule has 29 heavy (non-hydrogen) atoms. The summed E-state index contributed by atoms with van der Waals surface area (Å²) in [6, 6.07) is 11.1. The fraction of sp³-hybridized carbons (Fsp3) is 0.238. The first-order chi connectivity index (χ1) is 13.9. The Morgan fingerprint density at radius 3 is 2.69 bits per heavy atom. The molecular formula is C21H21N3O5. The van der Waals surface area contributed by atoms with E-state index in [1.54, 1.807) is 37.4 Å². The van der Waals surface area contributed by atoms with E-state index in [1.165, 1.54) is 18.0 Å². The molecule has 8 nitrogen and oxygen atoms in total. The third-order valence-electron chi connectivity index (χ3n) is 4.76. The molecule has 150 valence electrons. The Morgan fingerprint density at radius 1 is 1.24 bits per heavy atom. The first-order valence-electron chi connectivity index (χ1n) is 9.09. The molecule has 1 aliphatic rings. The second-order valence-electron chi connectivity index (χ2n) is 6.60. The number of aldehydes is 1. The van der Waals surface area contributed by atoms with Crippen molar-refractivity contribution in [1.82, 2.24) is 10.2 Å². The van der Waals surface area contributed by atoms with Gasteiger partial charge in [0, 0.05) is 32.3 Å². The number of imide groups is 1. The van der Waals surface area contributed by atoms with E-state index in [-0.39, 0.29) is 35.6 Å². The zero-order valence-corrected chi connectivity index (χ0v) is 16.1. The number of ether oxygens (including phenoxy) is 1. The van der Waals surface area contributed by atoms with E-state index in [2.05, 4.69) is 10.6 Å². The van der Waals surface area contributed by atoms with Gasteiger partial charge in [-0.1, -0.05) is 12.1 Å². The third-order valence-corrected chi connectivity index (χ3v) is 4.76. The van der Waals surface area contributed by atoms with Gasteiger partial charge >= 0.3 is 0 Å². The van der Waals surface area contributed by atoms with E-state index in [0.717, 1.165) is 5.69 Å². The van der Waals surface area contributed by atoms with Crippen LogP contribution in [0.5, 0.6) is 11.5 Å². The summed E-state index contributed by atoms with van der Waals surface area (Å²) in [7, 11) is 3.25. The molecule has 0 aliphatic carbocycles. The lowest BCUT2D eigenvalue weighted by atomic mass is 10.0. The van der Waals surface area contributed by atoms with Gasteiger partial charge in [-0.3, -0.25) is 24.5 Å². The summed E-state index contributed by atoms with van der Waals surface area (Å²) >= 11 is 0. The molecule has 0 spiro atoms. The van der Waals surface area contributed by atoms with Crippen LogP contribution < -0.4 is 15.4 Å². The Bertz CT molecular complexity index is 973. The first-order valence-corrected chi connectivity index (χ1v) is 9.09. The molecular weight excluding hydrogens is 374 g/mol. The van der Waals surface area contributed by atoms with Crippen LogP contribution in [0.15, 0.2) is 42.5 Å². The fourth-order valence-corrected chi connectivity index (χ4v) is 3.17. The summed E-state index contributed by atoms with van der Waals surface area (Å²) in [6.07, 6.45) is 0.943. The van der Waals surface area contributed by atoms with Gasteiger partial charge in [0.1, 0.15) is 17.5 Å². The van der Waals surface area contributed by atoms with Gasteiger partial charge in [0.15, 0.2) is 6.29 Å². The molecule has 0 bridgehead atoms. The molecule has 1 fully saturated rings. The summed E-state index contributed by atoms with van der Waals surface area (Å²) in [5.74, 6) is -0.657. The molecule has 0 aromatic heterocycles. The lowest BCUT2D eigenvalue weighted by Gasteiger charge is -2.30. The number of piperidine rings is 1. The number of anilines is 1. The summed E-state index contributed by atoms with van der Waals surface area (Å²) in [5.41, 5.74) is 1.04. The standard InChI is InChI=1S/C21H21N3O5/c1-22-13-5-3-6-14(11-13)29-18-8-4-7-15(16(18)12-25)21(28)24(2)17-9-10-19(26)23-20(17)27/h3-8,11-12,17,22H,9-10H2,1-2H3,(H,23,26,27). The molecule has 1 saturated heterocycles. The summed E-state index contributed by atoms with van der Waals surface area (Å²) in [4.78, 5) is 49.4. The number of carbonyl (C=O) groups is 4. The molecule has 0 radical (unpaired) electrons. The van der Waals surface area contributed by atoms with Crippen molar-refractivity contribution in [2.75, 3.05) is 19.4 Å². The normalized spacial score (nSPS) is 16.0. The zero-order chi connectivity index (χ0) is 21.0. The molecule has 1 atom stereocenters. The van der Waals surface area contributed by atoms with Crippen LogP contribution in [-0.2, 0) is 9.59 Å². The maximum Gasteiger partial charge on any atom is 0.255 e. The highest BCUT2D eigenvalue weighted by Crippen LogP contribution is 2.29. The first kappa shape index (κ1) is 20.1. The van der Waals surface area contributed by atoms with Gasteiger partial charge in [-0.25, -0.2) is 0 Å². The minimum atomic E-state index is -0.781. The quantitative estimate of drug-likeness (QED) is 0.574. The van der Waals surface area contributed by atoms with Gasteiger partial charge in [0.25, 0.3) is 5.91 Å². The molecule has 0 saturated carbocycles. The van der Waals surface area contributed by atoms with Crippen molar-refractivity contribution in [3.63, 3.8) is 0 Å². The maximum atomic E-state index is 13.0. The SMILES string of the molecule is CNc1cccc(Oc2cccc(C(=O)N(C)C3CCC(=O)NC3=O)c2C=O)c1. The van der Waals surface area contributed by atoms with Crippen LogP contribution in [0.3, 0.4) is 0 Å². The van der Waals surface area contributed by atoms with Gasteiger partial charge in [-0.15, -0.1) is 0 Å². The van der Waals surface area contributed by atoms with Crippen LogP contribution in [0, 0.1) is 0 Å². The minimum Gasteiger partial charge on any atom is -0.457 e. The monoisotopic (exact) mass is 395 g/mol. The van der Waals surface area contributed by atoms with Crippen molar-refractivity contribution in [2.45, 2.75) is 18.9 Å². The number of amides is 3. The molecule has 2 aromatic rings. The van der Waals surface area contributed by atoms with Gasteiger partial charge in [0.2, 0.25) is 11.8 Å². The number of nitrogens with one attached hydrogen (secondary N) is 2. The van der Waals surface area contributed by atoms with Crippen molar-refractivity contribution in [1.29, 1.82) is 0 Å².